The van der Waals surface area contributed by atoms with Crippen LogP contribution >= 0.6 is 11.6 Å². The van der Waals surface area contributed by atoms with E-state index in [-0.39, 0.29) is 0 Å². The molecule has 0 unspecified atom stereocenters. The molecule has 66 valence electrons. The lowest BCUT2D eigenvalue weighted by Crippen LogP contribution is -1.92. The number of hydrogen-bond donors (Lipinski definition) is 1. The minimum absolute atomic E-state index is 0.567. The van der Waals surface area contributed by atoms with Gasteiger partial charge in [0.25, 0.3) is 0 Å². The summed E-state index contributed by atoms with van der Waals surface area (Å²) in [5.74, 6) is 0.619. The van der Waals surface area contributed by atoms with E-state index in [1.54, 1.807) is 12.4 Å². The summed E-state index contributed by atoms with van der Waals surface area (Å²) >= 11 is 5.89. The molecule has 0 bridgehead atoms. The van der Waals surface area contributed by atoms with Crippen LogP contribution in [0, 0.1) is 0 Å². The minimum atomic E-state index is 0.567. The van der Waals surface area contributed by atoms with Crippen molar-refractivity contribution < 1.29 is 0 Å². The second-order valence-corrected chi connectivity index (χ2v) is 2.88. The number of aromatic nitrogens is 5. The van der Waals surface area contributed by atoms with Crippen LogP contribution < -0.4 is 0 Å². The molecule has 0 saturated heterocycles. The van der Waals surface area contributed by atoms with Crippen molar-refractivity contribution in [2.24, 2.45) is 0 Å². The molecule has 13 heavy (non-hydrogen) atoms. The number of H-pyrrole nitrogens is 1. The summed E-state index contributed by atoms with van der Waals surface area (Å²) in [6, 6.07) is 1.83. The molecule has 0 atom stereocenters. The summed E-state index contributed by atoms with van der Waals surface area (Å²) in [7, 11) is 0. The molecule has 0 saturated carbocycles. The zero-order valence-electron chi connectivity index (χ0n) is 6.61. The standard InChI is InChI=1S/C7H6ClN5/c8-6-4-9-2-1-5(6)3-7-10-12-13-11-7/h1-2,4H,3H2,(H,10,11,12,13). The number of halogens is 1. The van der Waals surface area contributed by atoms with Crippen LogP contribution in [0.3, 0.4) is 0 Å². The lowest BCUT2D eigenvalue weighted by atomic mass is 10.2. The second-order valence-electron chi connectivity index (χ2n) is 2.47. The van der Waals surface area contributed by atoms with E-state index in [0.717, 1.165) is 5.56 Å². The molecule has 0 amide bonds. The van der Waals surface area contributed by atoms with Gasteiger partial charge in [-0.05, 0) is 11.6 Å². The summed E-state index contributed by atoms with van der Waals surface area (Å²) in [5.41, 5.74) is 0.943. The summed E-state index contributed by atoms with van der Waals surface area (Å²) in [5, 5.41) is 14.1. The summed E-state index contributed by atoms with van der Waals surface area (Å²) in [4.78, 5) is 3.88. The molecule has 0 aromatic carbocycles. The molecule has 1 N–H and O–H groups in total. The SMILES string of the molecule is Clc1cnccc1Cc1nn[nH]n1. The highest BCUT2D eigenvalue weighted by Crippen LogP contribution is 2.15. The van der Waals surface area contributed by atoms with Crippen LogP contribution in [-0.2, 0) is 6.42 Å². The van der Waals surface area contributed by atoms with E-state index in [4.69, 9.17) is 11.6 Å². The van der Waals surface area contributed by atoms with E-state index in [9.17, 15) is 0 Å². The third-order valence-corrected chi connectivity index (χ3v) is 1.93. The predicted molar refractivity (Wildman–Crippen MR) is 46.2 cm³/mol. The van der Waals surface area contributed by atoms with Crippen molar-refractivity contribution >= 4 is 11.6 Å². The maximum atomic E-state index is 5.89. The van der Waals surface area contributed by atoms with E-state index in [1.807, 2.05) is 6.07 Å². The van der Waals surface area contributed by atoms with E-state index in [0.29, 0.717) is 17.3 Å². The topological polar surface area (TPSA) is 67.3 Å². The van der Waals surface area contributed by atoms with E-state index < -0.39 is 0 Å². The average Bonchev–Trinajstić information content (AvgIpc) is 2.61. The fourth-order valence-corrected chi connectivity index (χ4v) is 1.16. The van der Waals surface area contributed by atoms with Crippen LogP contribution in [0.25, 0.3) is 0 Å². The molecule has 0 aliphatic heterocycles. The van der Waals surface area contributed by atoms with Gasteiger partial charge in [-0.2, -0.15) is 5.21 Å². The highest BCUT2D eigenvalue weighted by Gasteiger charge is 2.03. The maximum absolute atomic E-state index is 5.89. The zero-order valence-corrected chi connectivity index (χ0v) is 7.36. The Kier molecular flexibility index (Phi) is 2.18. The molecule has 2 heterocycles. The van der Waals surface area contributed by atoms with E-state index in [1.165, 1.54) is 0 Å². The lowest BCUT2D eigenvalue weighted by molar-refractivity contribution is 0.881. The first kappa shape index (κ1) is 8.12. The van der Waals surface area contributed by atoms with Crippen LogP contribution in [0.5, 0.6) is 0 Å². The number of tetrazole rings is 1. The van der Waals surface area contributed by atoms with Gasteiger partial charge < -0.3 is 0 Å². The molecule has 2 aromatic rings. The van der Waals surface area contributed by atoms with Crippen molar-refractivity contribution in [1.82, 2.24) is 25.6 Å². The molecule has 6 heteroatoms. The largest absolute Gasteiger partial charge is 0.263 e. The normalized spacial score (nSPS) is 10.2. The number of hydrogen-bond acceptors (Lipinski definition) is 4. The fourth-order valence-electron chi connectivity index (χ4n) is 0.975. The molecule has 0 fully saturated rings. The monoisotopic (exact) mass is 195 g/mol. The molecule has 0 aliphatic carbocycles. The van der Waals surface area contributed by atoms with Crippen molar-refractivity contribution in [2.75, 3.05) is 0 Å². The summed E-state index contributed by atoms with van der Waals surface area (Å²) < 4.78 is 0. The first-order chi connectivity index (χ1) is 6.36. The zero-order chi connectivity index (χ0) is 9.10. The Morgan fingerprint density at radius 2 is 2.38 bits per heavy atom. The highest BCUT2D eigenvalue weighted by molar-refractivity contribution is 6.31. The van der Waals surface area contributed by atoms with Gasteiger partial charge in [0, 0.05) is 18.8 Å². The second kappa shape index (κ2) is 3.49. The Morgan fingerprint density at radius 1 is 1.46 bits per heavy atom. The van der Waals surface area contributed by atoms with Gasteiger partial charge in [0.1, 0.15) is 0 Å². The van der Waals surface area contributed by atoms with Gasteiger partial charge in [-0.25, -0.2) is 0 Å². The lowest BCUT2D eigenvalue weighted by Gasteiger charge is -1.97. The number of aromatic amines is 1. The van der Waals surface area contributed by atoms with Crippen LogP contribution in [0.2, 0.25) is 5.02 Å². The Morgan fingerprint density at radius 3 is 3.08 bits per heavy atom. The summed E-state index contributed by atoms with van der Waals surface area (Å²) in [6.45, 7) is 0. The van der Waals surface area contributed by atoms with Gasteiger partial charge in [0.15, 0.2) is 5.82 Å². The van der Waals surface area contributed by atoms with Crippen LogP contribution in [-0.4, -0.2) is 25.6 Å². The Bertz CT molecular complexity index is 386. The van der Waals surface area contributed by atoms with Gasteiger partial charge in [-0.1, -0.05) is 16.8 Å². The Balaban J connectivity index is 2.24. The van der Waals surface area contributed by atoms with Gasteiger partial charge in [0.2, 0.25) is 0 Å². The quantitative estimate of drug-likeness (QED) is 0.771. The van der Waals surface area contributed by atoms with Crippen LogP contribution in [0.4, 0.5) is 0 Å². The van der Waals surface area contributed by atoms with Gasteiger partial charge in [0.05, 0.1) is 5.02 Å². The molecule has 0 spiro atoms. The molecule has 2 rings (SSSR count). The molecular weight excluding hydrogens is 190 g/mol. The Hall–Kier alpha value is -1.49. The van der Waals surface area contributed by atoms with Crippen molar-refractivity contribution in [3.05, 3.63) is 34.9 Å². The van der Waals surface area contributed by atoms with Crippen LogP contribution in [0.1, 0.15) is 11.4 Å². The predicted octanol–water partition coefficient (Wildman–Crippen LogP) is 0.839. The van der Waals surface area contributed by atoms with Gasteiger partial charge >= 0.3 is 0 Å². The minimum Gasteiger partial charge on any atom is -0.263 e. The first-order valence-corrected chi connectivity index (χ1v) is 4.05. The molecule has 0 aliphatic rings. The van der Waals surface area contributed by atoms with Crippen molar-refractivity contribution in [1.29, 1.82) is 0 Å². The number of rotatable bonds is 2. The molecule has 0 radical (unpaired) electrons. The highest BCUT2D eigenvalue weighted by atomic mass is 35.5. The van der Waals surface area contributed by atoms with E-state index in [2.05, 4.69) is 25.6 Å². The van der Waals surface area contributed by atoms with Crippen molar-refractivity contribution in [3.63, 3.8) is 0 Å². The van der Waals surface area contributed by atoms with Crippen molar-refractivity contribution in [3.8, 4) is 0 Å². The third kappa shape index (κ3) is 1.81. The first-order valence-electron chi connectivity index (χ1n) is 3.67. The maximum Gasteiger partial charge on any atom is 0.178 e. The van der Waals surface area contributed by atoms with Crippen molar-refractivity contribution in [2.45, 2.75) is 6.42 Å². The molecule has 2 aromatic heterocycles. The number of nitrogens with zero attached hydrogens (tertiary/aromatic N) is 4. The van der Waals surface area contributed by atoms with Gasteiger partial charge in [-0.15, -0.1) is 10.2 Å². The van der Waals surface area contributed by atoms with Crippen LogP contribution in [0.15, 0.2) is 18.5 Å². The van der Waals surface area contributed by atoms with E-state index >= 15 is 0 Å². The van der Waals surface area contributed by atoms with Gasteiger partial charge in [-0.3, -0.25) is 4.98 Å². The molecule has 5 nitrogen and oxygen atoms in total. The Labute approximate surface area is 79.1 Å². The smallest absolute Gasteiger partial charge is 0.178 e. The third-order valence-electron chi connectivity index (χ3n) is 1.59. The summed E-state index contributed by atoms with van der Waals surface area (Å²) in [6.07, 6.45) is 3.84. The molecular formula is C7H6ClN5. The average molecular weight is 196 g/mol. The number of pyridine rings is 1. The fraction of sp³-hybridized carbons (Fsp3) is 0.143. The number of nitrogens with one attached hydrogen (secondary N) is 1.